The summed E-state index contributed by atoms with van der Waals surface area (Å²) in [5.41, 5.74) is 1.99. The van der Waals surface area contributed by atoms with Crippen LogP contribution in [0, 0.1) is 0 Å². The van der Waals surface area contributed by atoms with Crippen molar-refractivity contribution in [1.29, 1.82) is 0 Å². The van der Waals surface area contributed by atoms with Gasteiger partial charge < -0.3 is 9.84 Å². The summed E-state index contributed by atoms with van der Waals surface area (Å²) in [6.45, 7) is 10.7. The quantitative estimate of drug-likeness (QED) is 0.873. The molecule has 1 aromatic carbocycles. The van der Waals surface area contributed by atoms with Crippen LogP contribution in [0.3, 0.4) is 0 Å². The third-order valence-electron chi connectivity index (χ3n) is 3.15. The minimum absolute atomic E-state index is 0.0346. The van der Waals surface area contributed by atoms with Crippen LogP contribution in [0.2, 0.25) is 0 Å². The van der Waals surface area contributed by atoms with Crippen LogP contribution in [0.1, 0.15) is 45.7 Å². The first kappa shape index (κ1) is 14.0. The van der Waals surface area contributed by atoms with E-state index in [2.05, 4.69) is 26.8 Å². The van der Waals surface area contributed by atoms with Gasteiger partial charge in [0.2, 0.25) is 0 Å². The smallest absolute Gasteiger partial charge is 0.126 e. The third kappa shape index (κ3) is 2.81. The zero-order valence-electron chi connectivity index (χ0n) is 11.8. The second-order valence-electron chi connectivity index (χ2n) is 6.18. The summed E-state index contributed by atoms with van der Waals surface area (Å²) in [7, 11) is 1.70. The Bertz CT molecular complexity index is 386. The van der Waals surface area contributed by atoms with Gasteiger partial charge in [0.1, 0.15) is 5.75 Å². The van der Waals surface area contributed by atoms with Crippen molar-refractivity contribution in [1.82, 2.24) is 0 Å². The van der Waals surface area contributed by atoms with E-state index in [1.54, 1.807) is 7.11 Å². The molecule has 0 saturated heterocycles. The lowest BCUT2D eigenvalue weighted by Gasteiger charge is -2.29. The molecule has 0 fully saturated rings. The number of hydrogen-bond donors (Lipinski definition) is 1. The second-order valence-corrected chi connectivity index (χ2v) is 6.18. The lowest BCUT2D eigenvalue weighted by Crippen LogP contribution is -2.24. The van der Waals surface area contributed by atoms with Crippen molar-refractivity contribution in [2.45, 2.75) is 45.4 Å². The molecule has 0 bridgehead atoms. The summed E-state index contributed by atoms with van der Waals surface area (Å²) in [6, 6.07) is 6.16. The monoisotopic (exact) mass is 236 g/mol. The van der Waals surface area contributed by atoms with E-state index >= 15 is 0 Å². The maximum Gasteiger partial charge on any atom is 0.126 e. The van der Waals surface area contributed by atoms with Gasteiger partial charge in [-0.05, 0) is 11.0 Å². The Morgan fingerprint density at radius 2 is 1.59 bits per heavy atom. The largest absolute Gasteiger partial charge is 0.496 e. The van der Waals surface area contributed by atoms with E-state index in [-0.39, 0.29) is 17.4 Å². The fraction of sp³-hybridized carbons (Fsp3) is 0.600. The Balaban J connectivity index is 3.44. The molecule has 1 rings (SSSR count). The Labute approximate surface area is 105 Å². The van der Waals surface area contributed by atoms with Crippen LogP contribution >= 0.6 is 0 Å². The molecule has 1 aromatic rings. The van der Waals surface area contributed by atoms with Crippen LogP contribution in [0.5, 0.6) is 5.75 Å². The summed E-state index contributed by atoms with van der Waals surface area (Å²) in [6.07, 6.45) is 0. The molecule has 0 aliphatic carbocycles. The first-order valence-electron chi connectivity index (χ1n) is 6.03. The highest BCUT2D eigenvalue weighted by molar-refractivity contribution is 5.48. The molecule has 2 nitrogen and oxygen atoms in total. The van der Waals surface area contributed by atoms with Gasteiger partial charge in [-0.1, -0.05) is 52.8 Å². The van der Waals surface area contributed by atoms with Crippen molar-refractivity contribution in [3.05, 3.63) is 29.3 Å². The first-order valence-corrected chi connectivity index (χ1v) is 6.03. The summed E-state index contributed by atoms with van der Waals surface area (Å²) in [4.78, 5) is 0. The standard InChI is InChI=1S/C15H24O2/c1-14(2,3)11-8-7-9-12(13(11)17-6)15(4,5)10-16/h7-9,16H,10H2,1-6H3. The zero-order chi connectivity index (χ0) is 13.3. The van der Waals surface area contributed by atoms with E-state index < -0.39 is 0 Å². The summed E-state index contributed by atoms with van der Waals surface area (Å²) in [5, 5.41) is 9.51. The topological polar surface area (TPSA) is 29.5 Å². The summed E-state index contributed by atoms with van der Waals surface area (Å²) in [5.74, 6) is 0.902. The average Bonchev–Trinajstić information content (AvgIpc) is 2.26. The SMILES string of the molecule is COc1c(C(C)(C)C)cccc1C(C)(C)CO. The van der Waals surface area contributed by atoms with E-state index in [1.165, 1.54) is 5.56 Å². The molecule has 96 valence electrons. The fourth-order valence-electron chi connectivity index (χ4n) is 1.97. The lowest BCUT2D eigenvalue weighted by molar-refractivity contribution is 0.214. The normalized spacial score (nSPS) is 12.6. The van der Waals surface area contributed by atoms with Gasteiger partial charge >= 0.3 is 0 Å². The predicted octanol–water partition coefficient (Wildman–Crippen LogP) is 3.26. The van der Waals surface area contributed by atoms with Crippen molar-refractivity contribution in [3.8, 4) is 5.75 Å². The Kier molecular flexibility index (Phi) is 3.88. The van der Waals surface area contributed by atoms with Gasteiger partial charge in [0.15, 0.2) is 0 Å². The maximum atomic E-state index is 9.51. The van der Waals surface area contributed by atoms with E-state index in [4.69, 9.17) is 4.74 Å². The van der Waals surface area contributed by atoms with Crippen LogP contribution < -0.4 is 4.74 Å². The highest BCUT2D eigenvalue weighted by Crippen LogP contribution is 2.39. The number of rotatable bonds is 3. The lowest BCUT2D eigenvalue weighted by atomic mass is 9.79. The molecule has 0 saturated carbocycles. The number of aliphatic hydroxyl groups excluding tert-OH is 1. The molecule has 0 atom stereocenters. The van der Waals surface area contributed by atoms with E-state index in [9.17, 15) is 5.11 Å². The van der Waals surface area contributed by atoms with Crippen molar-refractivity contribution in [2.75, 3.05) is 13.7 Å². The molecule has 2 heteroatoms. The molecule has 0 aliphatic heterocycles. The molecule has 0 heterocycles. The van der Waals surface area contributed by atoms with Gasteiger partial charge in [-0.15, -0.1) is 0 Å². The third-order valence-corrected chi connectivity index (χ3v) is 3.15. The molecule has 1 N–H and O–H groups in total. The van der Waals surface area contributed by atoms with Crippen molar-refractivity contribution >= 4 is 0 Å². The minimum Gasteiger partial charge on any atom is -0.496 e. The van der Waals surface area contributed by atoms with Gasteiger partial charge in [-0.25, -0.2) is 0 Å². The Hall–Kier alpha value is -1.02. The highest BCUT2D eigenvalue weighted by Gasteiger charge is 2.28. The molecule has 17 heavy (non-hydrogen) atoms. The summed E-state index contributed by atoms with van der Waals surface area (Å²) < 4.78 is 5.58. The van der Waals surface area contributed by atoms with E-state index in [0.717, 1.165) is 11.3 Å². The van der Waals surface area contributed by atoms with Crippen LogP contribution in [-0.2, 0) is 10.8 Å². The number of para-hydroxylation sites is 1. The predicted molar refractivity (Wildman–Crippen MR) is 71.8 cm³/mol. The van der Waals surface area contributed by atoms with Crippen LogP contribution in [0.25, 0.3) is 0 Å². The van der Waals surface area contributed by atoms with Crippen LogP contribution in [0.15, 0.2) is 18.2 Å². The molecule has 0 amide bonds. The Morgan fingerprint density at radius 3 is 2.00 bits per heavy atom. The number of methoxy groups -OCH3 is 1. The second kappa shape index (κ2) is 4.69. The van der Waals surface area contributed by atoms with Gasteiger partial charge in [0, 0.05) is 11.0 Å². The molecule has 0 aromatic heterocycles. The van der Waals surface area contributed by atoms with E-state index in [1.807, 2.05) is 26.0 Å². The van der Waals surface area contributed by atoms with Crippen molar-refractivity contribution in [2.24, 2.45) is 0 Å². The number of benzene rings is 1. The average molecular weight is 236 g/mol. The molecular weight excluding hydrogens is 212 g/mol. The maximum absolute atomic E-state index is 9.51. The van der Waals surface area contributed by atoms with Gasteiger partial charge in [-0.3, -0.25) is 0 Å². The van der Waals surface area contributed by atoms with Crippen molar-refractivity contribution < 1.29 is 9.84 Å². The number of ether oxygens (including phenoxy) is 1. The van der Waals surface area contributed by atoms with Gasteiger partial charge in [0.25, 0.3) is 0 Å². The zero-order valence-corrected chi connectivity index (χ0v) is 11.8. The molecule has 0 aliphatic rings. The number of hydrogen-bond acceptors (Lipinski definition) is 2. The molecule has 0 unspecified atom stereocenters. The van der Waals surface area contributed by atoms with Crippen LogP contribution in [-0.4, -0.2) is 18.8 Å². The molecule has 0 radical (unpaired) electrons. The summed E-state index contributed by atoms with van der Waals surface area (Å²) >= 11 is 0. The minimum atomic E-state index is -0.285. The molecule has 0 spiro atoms. The number of aliphatic hydroxyl groups is 1. The molecular formula is C15H24O2. The van der Waals surface area contributed by atoms with Gasteiger partial charge in [-0.2, -0.15) is 0 Å². The van der Waals surface area contributed by atoms with Gasteiger partial charge in [0.05, 0.1) is 13.7 Å². The Morgan fingerprint density at radius 1 is 1.06 bits per heavy atom. The van der Waals surface area contributed by atoms with Crippen LogP contribution in [0.4, 0.5) is 0 Å². The highest BCUT2D eigenvalue weighted by atomic mass is 16.5. The van der Waals surface area contributed by atoms with E-state index in [0.29, 0.717) is 0 Å². The van der Waals surface area contributed by atoms with Crippen molar-refractivity contribution in [3.63, 3.8) is 0 Å². The fourth-order valence-corrected chi connectivity index (χ4v) is 1.97. The first-order chi connectivity index (χ1) is 7.74.